The van der Waals surface area contributed by atoms with Gasteiger partial charge in [0, 0.05) is 0 Å². The number of esters is 1. The van der Waals surface area contributed by atoms with Gasteiger partial charge in [0.15, 0.2) is 0 Å². The molecule has 112 valence electrons. The molecule has 0 fully saturated rings. The molecule has 0 amide bonds. The first-order valence-corrected chi connectivity index (χ1v) is 7.96. The largest absolute Gasteiger partial charge is 0.462 e. The predicted molar refractivity (Wildman–Crippen MR) is 84.2 cm³/mol. The van der Waals surface area contributed by atoms with Gasteiger partial charge in [0.05, 0.1) is 12.2 Å². The highest BCUT2D eigenvalue weighted by Gasteiger charge is 2.08. The summed E-state index contributed by atoms with van der Waals surface area (Å²) in [5.74, 6) is 0.342. The van der Waals surface area contributed by atoms with Gasteiger partial charge in [-0.15, -0.1) is 0 Å². The van der Waals surface area contributed by atoms with Crippen molar-refractivity contribution in [3.05, 3.63) is 35.4 Å². The number of hydrogen-bond donors (Lipinski definition) is 0. The summed E-state index contributed by atoms with van der Waals surface area (Å²) in [6.45, 7) is 7.10. The van der Waals surface area contributed by atoms with E-state index in [4.69, 9.17) is 4.74 Å². The van der Waals surface area contributed by atoms with Gasteiger partial charge in [0.25, 0.3) is 0 Å². The fourth-order valence-electron chi connectivity index (χ4n) is 2.14. The van der Waals surface area contributed by atoms with E-state index in [1.165, 1.54) is 24.8 Å². The predicted octanol–water partition coefficient (Wildman–Crippen LogP) is 5.33. The number of carbonyl (C=O) groups excluding carboxylic acids is 1. The van der Waals surface area contributed by atoms with Crippen LogP contribution in [0.2, 0.25) is 0 Å². The molecule has 0 aliphatic heterocycles. The van der Waals surface area contributed by atoms with Crippen LogP contribution in [-0.4, -0.2) is 12.6 Å². The van der Waals surface area contributed by atoms with Gasteiger partial charge in [-0.3, -0.25) is 0 Å². The highest BCUT2D eigenvalue weighted by molar-refractivity contribution is 5.89. The third-order valence-electron chi connectivity index (χ3n) is 3.81. The monoisotopic (exact) mass is 276 g/mol. The highest BCUT2D eigenvalue weighted by Crippen LogP contribution is 2.19. The standard InChI is InChI=1S/C18H28O2/c1-4-6-7-8-9-14-20-18(19)17-12-10-16(11-13-17)15(3)5-2/h10-13,15H,4-9,14H2,1-3H3. The van der Waals surface area contributed by atoms with Gasteiger partial charge < -0.3 is 4.74 Å². The van der Waals surface area contributed by atoms with Gasteiger partial charge in [-0.25, -0.2) is 4.79 Å². The van der Waals surface area contributed by atoms with E-state index < -0.39 is 0 Å². The van der Waals surface area contributed by atoms with Crippen LogP contribution in [0.3, 0.4) is 0 Å². The Balaban J connectivity index is 2.32. The van der Waals surface area contributed by atoms with E-state index in [0.29, 0.717) is 18.1 Å². The minimum absolute atomic E-state index is 0.198. The first kappa shape index (κ1) is 16.7. The normalized spacial score (nSPS) is 12.2. The lowest BCUT2D eigenvalue weighted by Crippen LogP contribution is -2.06. The molecule has 0 radical (unpaired) electrons. The molecule has 2 heteroatoms. The number of unbranched alkanes of at least 4 members (excludes halogenated alkanes) is 4. The second kappa shape index (κ2) is 9.57. The molecular formula is C18H28O2. The third-order valence-corrected chi connectivity index (χ3v) is 3.81. The van der Waals surface area contributed by atoms with Gasteiger partial charge >= 0.3 is 5.97 Å². The SMILES string of the molecule is CCCCCCCOC(=O)c1ccc(C(C)CC)cc1. The van der Waals surface area contributed by atoms with Crippen molar-refractivity contribution in [2.24, 2.45) is 0 Å². The average Bonchev–Trinajstić information content (AvgIpc) is 2.50. The van der Waals surface area contributed by atoms with Crippen molar-refractivity contribution < 1.29 is 9.53 Å². The maximum Gasteiger partial charge on any atom is 0.338 e. The van der Waals surface area contributed by atoms with Crippen molar-refractivity contribution in [1.82, 2.24) is 0 Å². The van der Waals surface area contributed by atoms with Crippen LogP contribution < -0.4 is 0 Å². The Hall–Kier alpha value is -1.31. The zero-order chi connectivity index (χ0) is 14.8. The third kappa shape index (κ3) is 5.77. The number of rotatable bonds is 9. The molecule has 1 unspecified atom stereocenters. The Labute approximate surface area is 123 Å². The Morgan fingerprint density at radius 1 is 1.05 bits per heavy atom. The minimum Gasteiger partial charge on any atom is -0.462 e. The summed E-state index contributed by atoms with van der Waals surface area (Å²) in [4.78, 5) is 11.9. The molecule has 2 nitrogen and oxygen atoms in total. The molecule has 0 heterocycles. The maximum atomic E-state index is 11.9. The van der Waals surface area contributed by atoms with E-state index in [1.54, 1.807) is 0 Å². The minimum atomic E-state index is -0.198. The van der Waals surface area contributed by atoms with Gasteiger partial charge in [0.2, 0.25) is 0 Å². The van der Waals surface area contributed by atoms with E-state index in [1.807, 2.05) is 24.3 Å². The zero-order valence-corrected chi connectivity index (χ0v) is 13.2. The first-order valence-electron chi connectivity index (χ1n) is 7.96. The van der Waals surface area contributed by atoms with Crippen LogP contribution in [0.5, 0.6) is 0 Å². The molecule has 0 aliphatic rings. The topological polar surface area (TPSA) is 26.3 Å². The van der Waals surface area contributed by atoms with Gasteiger partial charge in [-0.2, -0.15) is 0 Å². The molecule has 0 saturated heterocycles. The van der Waals surface area contributed by atoms with Crippen LogP contribution in [0.1, 0.15) is 81.1 Å². The molecule has 1 aromatic carbocycles. The molecule has 1 aromatic rings. The van der Waals surface area contributed by atoms with Crippen molar-refractivity contribution in [2.75, 3.05) is 6.61 Å². The average molecular weight is 276 g/mol. The fourth-order valence-corrected chi connectivity index (χ4v) is 2.14. The van der Waals surface area contributed by atoms with E-state index in [9.17, 15) is 4.79 Å². The van der Waals surface area contributed by atoms with Gasteiger partial charge in [-0.05, 0) is 36.5 Å². The van der Waals surface area contributed by atoms with Gasteiger partial charge in [-0.1, -0.05) is 58.6 Å². The lowest BCUT2D eigenvalue weighted by molar-refractivity contribution is 0.0497. The fraction of sp³-hybridized carbons (Fsp3) is 0.611. The number of carbonyl (C=O) groups is 1. The second-order valence-corrected chi connectivity index (χ2v) is 5.48. The molecule has 0 bridgehead atoms. The van der Waals surface area contributed by atoms with Crippen LogP contribution >= 0.6 is 0 Å². The van der Waals surface area contributed by atoms with Gasteiger partial charge in [0.1, 0.15) is 0 Å². The molecule has 0 aromatic heterocycles. The summed E-state index contributed by atoms with van der Waals surface area (Å²) in [7, 11) is 0. The Morgan fingerprint density at radius 3 is 2.30 bits per heavy atom. The lowest BCUT2D eigenvalue weighted by atomic mass is 9.98. The Morgan fingerprint density at radius 2 is 1.70 bits per heavy atom. The van der Waals surface area contributed by atoms with Crippen LogP contribution in [-0.2, 0) is 4.74 Å². The van der Waals surface area contributed by atoms with Crippen LogP contribution in [0.25, 0.3) is 0 Å². The van der Waals surface area contributed by atoms with E-state index in [2.05, 4.69) is 20.8 Å². The first-order chi connectivity index (χ1) is 9.69. The van der Waals surface area contributed by atoms with E-state index >= 15 is 0 Å². The van der Waals surface area contributed by atoms with Crippen LogP contribution in [0, 0.1) is 0 Å². The summed E-state index contributed by atoms with van der Waals surface area (Å²) in [6.07, 6.45) is 6.97. The molecule has 0 spiro atoms. The van der Waals surface area contributed by atoms with E-state index in [-0.39, 0.29) is 5.97 Å². The molecule has 0 N–H and O–H groups in total. The molecular weight excluding hydrogens is 248 g/mol. The van der Waals surface area contributed by atoms with Crippen molar-refractivity contribution in [3.63, 3.8) is 0 Å². The summed E-state index contributed by atoms with van der Waals surface area (Å²) < 4.78 is 5.30. The highest BCUT2D eigenvalue weighted by atomic mass is 16.5. The molecule has 1 atom stereocenters. The summed E-state index contributed by atoms with van der Waals surface area (Å²) >= 11 is 0. The quantitative estimate of drug-likeness (QED) is 0.450. The smallest absolute Gasteiger partial charge is 0.338 e. The molecule has 20 heavy (non-hydrogen) atoms. The number of benzene rings is 1. The number of ether oxygens (including phenoxy) is 1. The van der Waals surface area contributed by atoms with Crippen molar-refractivity contribution in [1.29, 1.82) is 0 Å². The second-order valence-electron chi connectivity index (χ2n) is 5.48. The molecule has 0 saturated carbocycles. The maximum absolute atomic E-state index is 11.9. The summed E-state index contributed by atoms with van der Waals surface area (Å²) in [6, 6.07) is 7.82. The van der Waals surface area contributed by atoms with Crippen molar-refractivity contribution in [3.8, 4) is 0 Å². The van der Waals surface area contributed by atoms with Crippen molar-refractivity contribution in [2.45, 2.75) is 65.2 Å². The van der Waals surface area contributed by atoms with Crippen LogP contribution in [0.15, 0.2) is 24.3 Å². The Kier molecular flexibility index (Phi) is 8.01. The summed E-state index contributed by atoms with van der Waals surface area (Å²) in [5, 5.41) is 0. The van der Waals surface area contributed by atoms with Crippen molar-refractivity contribution >= 4 is 5.97 Å². The number of hydrogen-bond acceptors (Lipinski definition) is 2. The zero-order valence-electron chi connectivity index (χ0n) is 13.2. The summed E-state index contributed by atoms with van der Waals surface area (Å²) in [5.41, 5.74) is 1.94. The lowest BCUT2D eigenvalue weighted by Gasteiger charge is -2.09. The molecule has 0 aliphatic carbocycles. The Bertz CT molecular complexity index is 381. The van der Waals surface area contributed by atoms with E-state index in [0.717, 1.165) is 19.3 Å². The molecule has 1 rings (SSSR count). The van der Waals surface area contributed by atoms with Crippen LogP contribution in [0.4, 0.5) is 0 Å².